The molecule has 0 heterocycles. The van der Waals surface area contributed by atoms with E-state index in [9.17, 15) is 9.59 Å². The first-order chi connectivity index (χ1) is 17.2. The van der Waals surface area contributed by atoms with E-state index in [-0.39, 0.29) is 23.8 Å². The lowest BCUT2D eigenvalue weighted by Crippen LogP contribution is -2.34. The maximum atomic E-state index is 13.5. The molecule has 0 radical (unpaired) electrons. The van der Waals surface area contributed by atoms with Crippen molar-refractivity contribution in [1.82, 2.24) is 0 Å². The SMILES string of the molecule is COC(=O)c1cccc([C@H]2CC[C@@H]2C(=O)Oc2c(-c3ccccc3)cccc2-c2ccccc2)c1. The summed E-state index contributed by atoms with van der Waals surface area (Å²) < 4.78 is 11.1. The highest BCUT2D eigenvalue weighted by molar-refractivity contribution is 5.90. The molecule has 1 aliphatic carbocycles. The Kier molecular flexibility index (Phi) is 6.44. The Morgan fingerprint density at radius 3 is 1.86 bits per heavy atom. The number of esters is 2. The molecule has 35 heavy (non-hydrogen) atoms. The lowest BCUT2D eigenvalue weighted by molar-refractivity contribution is -0.142. The van der Waals surface area contributed by atoms with Crippen LogP contribution < -0.4 is 4.74 Å². The third-order valence-corrected chi connectivity index (χ3v) is 6.70. The largest absolute Gasteiger partial charge is 0.465 e. The molecule has 174 valence electrons. The number of carbonyl (C=O) groups is 2. The van der Waals surface area contributed by atoms with Gasteiger partial charge in [-0.25, -0.2) is 4.79 Å². The van der Waals surface area contributed by atoms with Gasteiger partial charge in [0.2, 0.25) is 0 Å². The topological polar surface area (TPSA) is 52.6 Å². The Hall–Kier alpha value is -4.18. The van der Waals surface area contributed by atoms with E-state index in [1.54, 1.807) is 6.07 Å². The van der Waals surface area contributed by atoms with E-state index in [0.717, 1.165) is 40.7 Å². The molecule has 1 fully saturated rings. The minimum absolute atomic E-state index is 0.0103. The van der Waals surface area contributed by atoms with Crippen LogP contribution in [0.25, 0.3) is 22.3 Å². The number of benzene rings is 4. The van der Waals surface area contributed by atoms with Crippen LogP contribution in [0, 0.1) is 5.92 Å². The van der Waals surface area contributed by atoms with E-state index in [2.05, 4.69) is 0 Å². The van der Waals surface area contributed by atoms with Crippen LogP contribution in [0.5, 0.6) is 5.75 Å². The number of rotatable bonds is 6. The van der Waals surface area contributed by atoms with Crippen LogP contribution in [0.3, 0.4) is 0 Å². The van der Waals surface area contributed by atoms with E-state index >= 15 is 0 Å². The van der Waals surface area contributed by atoms with Gasteiger partial charge in [-0.05, 0) is 47.6 Å². The molecule has 1 aliphatic rings. The molecule has 1 saturated carbocycles. The quantitative estimate of drug-likeness (QED) is 0.231. The van der Waals surface area contributed by atoms with Gasteiger partial charge in [-0.2, -0.15) is 0 Å². The molecular formula is C31H26O4. The molecular weight excluding hydrogens is 436 g/mol. The second kappa shape index (κ2) is 9.98. The Morgan fingerprint density at radius 1 is 0.714 bits per heavy atom. The second-order valence-corrected chi connectivity index (χ2v) is 8.74. The van der Waals surface area contributed by atoms with E-state index < -0.39 is 0 Å². The standard InChI is InChI=1S/C31H26O4/c1-34-30(32)24-15-8-14-23(20-24)25-18-19-28(25)31(33)35-29-26(21-10-4-2-5-11-21)16-9-17-27(29)22-12-6-3-7-13-22/h2-17,20,25,28H,18-19H2,1H3/t25-,28+/m1/s1. The van der Waals surface area contributed by atoms with Crippen molar-refractivity contribution in [2.75, 3.05) is 7.11 Å². The summed E-state index contributed by atoms with van der Waals surface area (Å²) in [7, 11) is 1.37. The highest BCUT2D eigenvalue weighted by atomic mass is 16.5. The van der Waals surface area contributed by atoms with Crippen LogP contribution in [0.15, 0.2) is 103 Å². The third kappa shape index (κ3) is 4.60. The van der Waals surface area contributed by atoms with Crippen molar-refractivity contribution in [2.24, 2.45) is 5.92 Å². The van der Waals surface area contributed by atoms with Crippen molar-refractivity contribution >= 4 is 11.9 Å². The van der Waals surface area contributed by atoms with Gasteiger partial charge in [-0.15, -0.1) is 0 Å². The smallest absolute Gasteiger partial charge is 0.337 e. The molecule has 4 aromatic carbocycles. The predicted molar refractivity (Wildman–Crippen MR) is 136 cm³/mol. The molecule has 4 heteroatoms. The Labute approximate surface area is 205 Å². The Morgan fingerprint density at radius 2 is 1.31 bits per heavy atom. The maximum Gasteiger partial charge on any atom is 0.337 e. The molecule has 0 unspecified atom stereocenters. The van der Waals surface area contributed by atoms with Gasteiger partial charge in [0.15, 0.2) is 0 Å². The first-order valence-corrected chi connectivity index (χ1v) is 11.8. The number of methoxy groups -OCH3 is 1. The predicted octanol–water partition coefficient (Wildman–Crippen LogP) is 6.91. The number of carbonyl (C=O) groups excluding carboxylic acids is 2. The van der Waals surface area contributed by atoms with Crippen LogP contribution in [0.4, 0.5) is 0 Å². The first-order valence-electron chi connectivity index (χ1n) is 11.8. The van der Waals surface area contributed by atoms with Crippen molar-refractivity contribution in [3.05, 3.63) is 114 Å². The number of hydrogen-bond acceptors (Lipinski definition) is 4. The van der Waals surface area contributed by atoms with Crippen LogP contribution in [0.2, 0.25) is 0 Å². The molecule has 4 nitrogen and oxygen atoms in total. The van der Waals surface area contributed by atoms with E-state index in [0.29, 0.717) is 11.3 Å². The fourth-order valence-corrected chi connectivity index (χ4v) is 4.71. The summed E-state index contributed by atoms with van der Waals surface area (Å²) in [5, 5.41) is 0. The number of ether oxygens (including phenoxy) is 2. The van der Waals surface area contributed by atoms with Crippen molar-refractivity contribution in [3.8, 4) is 28.0 Å². The van der Waals surface area contributed by atoms with Crippen LogP contribution in [-0.4, -0.2) is 19.0 Å². The van der Waals surface area contributed by atoms with Gasteiger partial charge in [0.25, 0.3) is 0 Å². The minimum Gasteiger partial charge on any atom is -0.465 e. The Balaban J connectivity index is 1.48. The number of hydrogen-bond donors (Lipinski definition) is 0. The van der Waals surface area contributed by atoms with E-state index in [1.165, 1.54) is 7.11 Å². The average Bonchev–Trinajstić information content (AvgIpc) is 2.89. The average molecular weight is 463 g/mol. The zero-order valence-corrected chi connectivity index (χ0v) is 19.5. The zero-order chi connectivity index (χ0) is 24.2. The van der Waals surface area contributed by atoms with E-state index in [4.69, 9.17) is 9.47 Å². The highest BCUT2D eigenvalue weighted by Gasteiger charge is 2.39. The van der Waals surface area contributed by atoms with Gasteiger partial charge in [0.1, 0.15) is 5.75 Å². The van der Waals surface area contributed by atoms with Crippen LogP contribution in [0.1, 0.15) is 34.7 Å². The molecule has 0 aliphatic heterocycles. The van der Waals surface area contributed by atoms with Gasteiger partial charge in [0.05, 0.1) is 18.6 Å². The summed E-state index contributed by atoms with van der Waals surface area (Å²) >= 11 is 0. The fourth-order valence-electron chi connectivity index (χ4n) is 4.71. The molecule has 0 amide bonds. The fraction of sp³-hybridized carbons (Fsp3) is 0.161. The Bertz CT molecular complexity index is 1290. The van der Waals surface area contributed by atoms with Gasteiger partial charge in [0, 0.05) is 11.1 Å². The molecule has 0 bridgehead atoms. The van der Waals surface area contributed by atoms with Gasteiger partial charge < -0.3 is 9.47 Å². The lowest BCUT2D eigenvalue weighted by Gasteiger charge is -2.35. The molecule has 0 spiro atoms. The highest BCUT2D eigenvalue weighted by Crippen LogP contribution is 2.45. The normalized spacial score (nSPS) is 16.7. The van der Waals surface area contributed by atoms with Crippen molar-refractivity contribution < 1.29 is 19.1 Å². The number of para-hydroxylation sites is 1. The minimum atomic E-state index is -0.380. The zero-order valence-electron chi connectivity index (χ0n) is 19.5. The molecule has 0 aromatic heterocycles. The molecule has 4 aromatic rings. The summed E-state index contributed by atoms with van der Waals surface area (Å²) in [6, 6.07) is 33.2. The summed E-state index contributed by atoms with van der Waals surface area (Å²) in [5.41, 5.74) is 5.19. The maximum absolute atomic E-state index is 13.5. The molecule has 2 atom stereocenters. The third-order valence-electron chi connectivity index (χ3n) is 6.70. The monoisotopic (exact) mass is 462 g/mol. The molecule has 0 N–H and O–H groups in total. The lowest BCUT2D eigenvalue weighted by atomic mass is 9.70. The second-order valence-electron chi connectivity index (χ2n) is 8.74. The summed E-state index contributed by atoms with van der Waals surface area (Å²) in [6.45, 7) is 0. The van der Waals surface area contributed by atoms with Crippen molar-refractivity contribution in [3.63, 3.8) is 0 Å². The van der Waals surface area contributed by atoms with Crippen molar-refractivity contribution in [1.29, 1.82) is 0 Å². The first kappa shape index (κ1) is 22.6. The summed E-state index contributed by atoms with van der Waals surface area (Å²) in [6.07, 6.45) is 1.62. The van der Waals surface area contributed by atoms with Crippen LogP contribution >= 0.6 is 0 Å². The van der Waals surface area contributed by atoms with Gasteiger partial charge >= 0.3 is 11.9 Å². The van der Waals surface area contributed by atoms with Crippen molar-refractivity contribution in [2.45, 2.75) is 18.8 Å². The summed E-state index contributed by atoms with van der Waals surface area (Å²) in [4.78, 5) is 25.5. The molecule has 5 rings (SSSR count). The van der Waals surface area contributed by atoms with Gasteiger partial charge in [-0.1, -0.05) is 91.0 Å². The van der Waals surface area contributed by atoms with Gasteiger partial charge in [-0.3, -0.25) is 4.79 Å². The van der Waals surface area contributed by atoms with E-state index in [1.807, 2.05) is 97.1 Å². The summed E-state index contributed by atoms with van der Waals surface area (Å²) in [5.74, 6) is -0.310. The van der Waals surface area contributed by atoms with Crippen LogP contribution in [-0.2, 0) is 9.53 Å². The molecule has 0 saturated heterocycles.